The first-order chi connectivity index (χ1) is 6.51. The Bertz CT molecular complexity index is 321. The summed E-state index contributed by atoms with van der Waals surface area (Å²) in [6, 6.07) is 5.09. The Morgan fingerprint density at radius 1 is 1.50 bits per heavy atom. The minimum atomic E-state index is -1.68. The van der Waals surface area contributed by atoms with E-state index in [4.69, 9.17) is 9.84 Å². The second kappa shape index (κ2) is 3.96. The van der Waals surface area contributed by atoms with Crippen LogP contribution in [0.5, 0.6) is 5.75 Å². The Hall–Kier alpha value is -1.09. The summed E-state index contributed by atoms with van der Waals surface area (Å²) < 4.78 is 18.8. The van der Waals surface area contributed by atoms with Crippen molar-refractivity contribution in [2.75, 3.05) is 13.7 Å². The monoisotopic (exact) mass is 198 g/mol. The van der Waals surface area contributed by atoms with Gasteiger partial charge in [0.15, 0.2) is 5.67 Å². The van der Waals surface area contributed by atoms with Crippen molar-refractivity contribution in [1.82, 2.24) is 0 Å². The standard InChI is InChI=1S/C11H15FO2/c1-8-6-9(14-3)4-5-10(8)11(2,12)7-13/h4-6,13H,7H2,1-3H3. The van der Waals surface area contributed by atoms with Crippen LogP contribution in [0.4, 0.5) is 4.39 Å². The van der Waals surface area contributed by atoms with Gasteiger partial charge in [0.2, 0.25) is 0 Å². The molecule has 0 fully saturated rings. The Balaban J connectivity index is 3.12. The van der Waals surface area contributed by atoms with Gasteiger partial charge in [0.25, 0.3) is 0 Å². The topological polar surface area (TPSA) is 29.5 Å². The number of aliphatic hydroxyl groups is 1. The Labute approximate surface area is 83.3 Å². The fourth-order valence-corrected chi connectivity index (χ4v) is 1.43. The average molecular weight is 198 g/mol. The van der Waals surface area contributed by atoms with Crippen molar-refractivity contribution in [3.8, 4) is 5.75 Å². The fraction of sp³-hybridized carbons (Fsp3) is 0.455. The SMILES string of the molecule is COc1ccc(C(C)(F)CO)c(C)c1. The lowest BCUT2D eigenvalue weighted by molar-refractivity contribution is 0.0861. The highest BCUT2D eigenvalue weighted by atomic mass is 19.1. The predicted octanol–water partition coefficient (Wildman–Crippen LogP) is 2.18. The molecule has 78 valence electrons. The van der Waals surface area contributed by atoms with Crippen LogP contribution >= 0.6 is 0 Å². The third-order valence-corrected chi connectivity index (χ3v) is 2.29. The zero-order valence-electron chi connectivity index (χ0n) is 8.67. The van der Waals surface area contributed by atoms with Gasteiger partial charge in [0.05, 0.1) is 13.7 Å². The van der Waals surface area contributed by atoms with Crippen LogP contribution < -0.4 is 4.74 Å². The van der Waals surface area contributed by atoms with Crippen LogP contribution in [-0.2, 0) is 5.67 Å². The Kier molecular flexibility index (Phi) is 3.11. The summed E-state index contributed by atoms with van der Waals surface area (Å²) in [7, 11) is 1.56. The molecule has 0 heterocycles. The second-order valence-electron chi connectivity index (χ2n) is 3.54. The number of benzene rings is 1. The lowest BCUT2D eigenvalue weighted by Gasteiger charge is -2.20. The van der Waals surface area contributed by atoms with Gasteiger partial charge in [-0.05, 0) is 37.1 Å². The van der Waals surface area contributed by atoms with Gasteiger partial charge in [-0.1, -0.05) is 6.07 Å². The summed E-state index contributed by atoms with van der Waals surface area (Å²) in [5.41, 5.74) is -0.403. The van der Waals surface area contributed by atoms with Crippen molar-refractivity contribution in [2.45, 2.75) is 19.5 Å². The zero-order valence-corrected chi connectivity index (χ0v) is 8.67. The molecule has 0 aliphatic rings. The highest BCUT2D eigenvalue weighted by molar-refractivity contribution is 5.37. The van der Waals surface area contributed by atoms with E-state index in [2.05, 4.69) is 0 Å². The summed E-state index contributed by atoms with van der Waals surface area (Å²) in [5.74, 6) is 0.694. The second-order valence-corrected chi connectivity index (χ2v) is 3.54. The average Bonchev–Trinajstić information content (AvgIpc) is 2.17. The third kappa shape index (κ3) is 2.04. The Morgan fingerprint density at radius 3 is 2.57 bits per heavy atom. The van der Waals surface area contributed by atoms with E-state index in [9.17, 15) is 4.39 Å². The van der Waals surface area contributed by atoms with E-state index in [1.165, 1.54) is 6.92 Å². The van der Waals surface area contributed by atoms with Crippen molar-refractivity contribution >= 4 is 0 Å². The van der Waals surface area contributed by atoms with E-state index in [0.29, 0.717) is 11.3 Å². The van der Waals surface area contributed by atoms with Crippen molar-refractivity contribution < 1.29 is 14.2 Å². The van der Waals surface area contributed by atoms with Gasteiger partial charge >= 0.3 is 0 Å². The van der Waals surface area contributed by atoms with E-state index in [1.807, 2.05) is 0 Å². The van der Waals surface area contributed by atoms with Crippen molar-refractivity contribution in [3.05, 3.63) is 29.3 Å². The molecule has 1 unspecified atom stereocenters. The molecule has 0 aromatic heterocycles. The van der Waals surface area contributed by atoms with Crippen LogP contribution in [0.25, 0.3) is 0 Å². The lowest BCUT2D eigenvalue weighted by Crippen LogP contribution is -2.21. The van der Waals surface area contributed by atoms with Gasteiger partial charge in [-0.15, -0.1) is 0 Å². The highest BCUT2D eigenvalue weighted by Gasteiger charge is 2.26. The fourth-order valence-electron chi connectivity index (χ4n) is 1.43. The van der Waals surface area contributed by atoms with Crippen LogP contribution in [-0.4, -0.2) is 18.8 Å². The maximum Gasteiger partial charge on any atom is 0.156 e. The summed E-state index contributed by atoms with van der Waals surface area (Å²) in [5, 5.41) is 8.89. The molecule has 1 rings (SSSR count). The van der Waals surface area contributed by atoms with Gasteiger partial charge in [0.1, 0.15) is 5.75 Å². The molecule has 0 aliphatic carbocycles. The van der Waals surface area contributed by atoms with Gasteiger partial charge in [0, 0.05) is 0 Å². The molecule has 0 radical (unpaired) electrons. The van der Waals surface area contributed by atoms with Crippen LogP contribution in [0.3, 0.4) is 0 Å². The number of rotatable bonds is 3. The molecule has 0 spiro atoms. The maximum atomic E-state index is 13.8. The summed E-state index contributed by atoms with van der Waals surface area (Å²) >= 11 is 0. The molecule has 0 saturated carbocycles. The van der Waals surface area contributed by atoms with E-state index >= 15 is 0 Å². The van der Waals surface area contributed by atoms with Crippen molar-refractivity contribution in [3.63, 3.8) is 0 Å². The van der Waals surface area contributed by atoms with E-state index in [-0.39, 0.29) is 0 Å². The molecule has 0 aliphatic heterocycles. The number of hydrogen-bond donors (Lipinski definition) is 1. The van der Waals surface area contributed by atoms with Gasteiger partial charge in [-0.25, -0.2) is 4.39 Å². The first-order valence-electron chi connectivity index (χ1n) is 4.46. The van der Waals surface area contributed by atoms with E-state index in [1.54, 1.807) is 32.2 Å². The minimum absolute atomic E-state index is 0.501. The summed E-state index contributed by atoms with van der Waals surface area (Å²) in [6.45, 7) is 2.65. The molecule has 1 aromatic rings. The number of hydrogen-bond acceptors (Lipinski definition) is 2. The van der Waals surface area contributed by atoms with E-state index < -0.39 is 12.3 Å². The lowest BCUT2D eigenvalue weighted by atomic mass is 9.94. The predicted molar refractivity (Wildman–Crippen MR) is 53.3 cm³/mol. The largest absolute Gasteiger partial charge is 0.497 e. The molecule has 0 bridgehead atoms. The summed E-state index contributed by atoms with van der Waals surface area (Å²) in [6.07, 6.45) is 0. The molecular weight excluding hydrogens is 183 g/mol. The number of alkyl halides is 1. The normalized spacial score (nSPS) is 14.9. The molecule has 0 amide bonds. The highest BCUT2D eigenvalue weighted by Crippen LogP contribution is 2.29. The molecule has 1 atom stereocenters. The van der Waals surface area contributed by atoms with Crippen molar-refractivity contribution in [1.29, 1.82) is 0 Å². The van der Waals surface area contributed by atoms with Gasteiger partial charge in [-0.3, -0.25) is 0 Å². The Morgan fingerprint density at radius 2 is 2.14 bits per heavy atom. The minimum Gasteiger partial charge on any atom is -0.497 e. The van der Waals surface area contributed by atoms with Crippen LogP contribution in [0, 0.1) is 6.92 Å². The number of methoxy groups -OCH3 is 1. The van der Waals surface area contributed by atoms with Gasteiger partial charge < -0.3 is 9.84 Å². The molecular formula is C11H15FO2. The quantitative estimate of drug-likeness (QED) is 0.806. The van der Waals surface area contributed by atoms with Gasteiger partial charge in [-0.2, -0.15) is 0 Å². The molecule has 0 saturated heterocycles. The zero-order chi connectivity index (χ0) is 10.8. The molecule has 1 aromatic carbocycles. The summed E-state index contributed by atoms with van der Waals surface area (Å²) in [4.78, 5) is 0. The third-order valence-electron chi connectivity index (χ3n) is 2.29. The first-order valence-corrected chi connectivity index (χ1v) is 4.46. The molecule has 3 heteroatoms. The molecule has 2 nitrogen and oxygen atoms in total. The maximum absolute atomic E-state index is 13.8. The first kappa shape index (κ1) is 11.0. The molecule has 1 N–H and O–H groups in total. The van der Waals surface area contributed by atoms with Crippen LogP contribution in [0.15, 0.2) is 18.2 Å². The van der Waals surface area contributed by atoms with Crippen molar-refractivity contribution in [2.24, 2.45) is 0 Å². The number of halogens is 1. The van der Waals surface area contributed by atoms with Crippen LogP contribution in [0.2, 0.25) is 0 Å². The van der Waals surface area contributed by atoms with E-state index in [0.717, 1.165) is 5.56 Å². The van der Waals surface area contributed by atoms with Crippen LogP contribution in [0.1, 0.15) is 18.1 Å². The smallest absolute Gasteiger partial charge is 0.156 e. The molecule has 14 heavy (non-hydrogen) atoms. The number of ether oxygens (including phenoxy) is 1. The number of aliphatic hydroxyl groups excluding tert-OH is 1. The number of aryl methyl sites for hydroxylation is 1.